The van der Waals surface area contributed by atoms with Gasteiger partial charge >= 0.3 is 0 Å². The Bertz CT molecular complexity index is 916. The summed E-state index contributed by atoms with van der Waals surface area (Å²) in [5.74, 6) is 0. The van der Waals surface area contributed by atoms with Crippen LogP contribution in [0.3, 0.4) is 0 Å². The summed E-state index contributed by atoms with van der Waals surface area (Å²) >= 11 is 5.38. The van der Waals surface area contributed by atoms with Crippen LogP contribution in [0.5, 0.6) is 0 Å². The maximum absolute atomic E-state index is 3.60. The van der Waals surface area contributed by atoms with E-state index < -0.39 is 0 Å². The molecule has 0 aliphatic rings. The van der Waals surface area contributed by atoms with Crippen LogP contribution in [0, 0.1) is 0 Å². The van der Waals surface area contributed by atoms with Gasteiger partial charge in [-0.2, -0.15) is 0 Å². The monoisotopic (exact) mass is 338 g/mol. The molecule has 0 atom stereocenters. The standard InChI is InChI=1S/C18H11BrS/c19-17-11-20-18-10-13(8-9-16(17)18)15-7-3-5-12-4-1-2-6-14(12)15/h1-11H. The maximum Gasteiger partial charge on any atom is 0.0361 e. The van der Waals surface area contributed by atoms with E-state index in [2.05, 4.69) is 82.0 Å². The van der Waals surface area contributed by atoms with E-state index in [9.17, 15) is 0 Å². The number of benzene rings is 3. The third-order valence-corrected chi connectivity index (χ3v) is 5.53. The molecule has 0 aliphatic carbocycles. The van der Waals surface area contributed by atoms with E-state index in [-0.39, 0.29) is 0 Å². The Labute approximate surface area is 129 Å². The average molecular weight is 339 g/mol. The molecular weight excluding hydrogens is 328 g/mol. The number of halogens is 1. The molecule has 0 fully saturated rings. The molecule has 4 rings (SSSR count). The Kier molecular flexibility index (Phi) is 2.86. The van der Waals surface area contributed by atoms with Gasteiger partial charge in [-0.1, -0.05) is 54.6 Å². The molecule has 0 radical (unpaired) electrons. The zero-order valence-electron chi connectivity index (χ0n) is 10.6. The molecule has 0 saturated carbocycles. The van der Waals surface area contributed by atoms with Crippen molar-refractivity contribution in [3.8, 4) is 11.1 Å². The van der Waals surface area contributed by atoms with E-state index in [4.69, 9.17) is 0 Å². The Morgan fingerprint density at radius 2 is 1.65 bits per heavy atom. The van der Waals surface area contributed by atoms with Gasteiger partial charge in [0.2, 0.25) is 0 Å². The fourth-order valence-electron chi connectivity index (χ4n) is 2.64. The maximum atomic E-state index is 3.60. The van der Waals surface area contributed by atoms with Gasteiger partial charge in [-0.05, 0) is 43.9 Å². The van der Waals surface area contributed by atoms with Gasteiger partial charge in [0.1, 0.15) is 0 Å². The molecule has 3 aromatic carbocycles. The molecule has 96 valence electrons. The van der Waals surface area contributed by atoms with Crippen LogP contribution in [0.2, 0.25) is 0 Å². The van der Waals surface area contributed by atoms with E-state index in [0.29, 0.717) is 0 Å². The zero-order chi connectivity index (χ0) is 13.5. The lowest BCUT2D eigenvalue weighted by Crippen LogP contribution is -1.80. The second-order valence-electron chi connectivity index (χ2n) is 4.82. The molecule has 0 saturated heterocycles. The van der Waals surface area contributed by atoms with E-state index in [0.717, 1.165) is 0 Å². The van der Waals surface area contributed by atoms with Crippen LogP contribution < -0.4 is 0 Å². The van der Waals surface area contributed by atoms with Crippen molar-refractivity contribution < 1.29 is 0 Å². The minimum absolute atomic E-state index is 1.18. The van der Waals surface area contributed by atoms with Crippen molar-refractivity contribution in [2.24, 2.45) is 0 Å². The van der Waals surface area contributed by atoms with Gasteiger partial charge in [0.05, 0.1) is 0 Å². The number of fused-ring (bicyclic) bond motifs is 2. The van der Waals surface area contributed by atoms with E-state index in [1.807, 2.05) is 0 Å². The van der Waals surface area contributed by atoms with Crippen LogP contribution in [0.1, 0.15) is 0 Å². The molecule has 0 aliphatic heterocycles. The first-order valence-electron chi connectivity index (χ1n) is 6.48. The third-order valence-electron chi connectivity index (χ3n) is 3.63. The molecule has 0 unspecified atom stereocenters. The Balaban J connectivity index is 2.01. The largest absolute Gasteiger partial charge is 0.143 e. The van der Waals surface area contributed by atoms with Gasteiger partial charge in [-0.3, -0.25) is 0 Å². The SMILES string of the molecule is Brc1csc2cc(-c3cccc4ccccc34)ccc12. The smallest absolute Gasteiger partial charge is 0.0361 e. The summed E-state index contributed by atoms with van der Waals surface area (Å²) in [4.78, 5) is 0. The lowest BCUT2D eigenvalue weighted by Gasteiger charge is -2.07. The van der Waals surface area contributed by atoms with Crippen LogP contribution in [0.15, 0.2) is 70.5 Å². The predicted molar refractivity (Wildman–Crippen MR) is 92.5 cm³/mol. The molecular formula is C18H11BrS. The lowest BCUT2D eigenvalue weighted by molar-refractivity contribution is 1.69. The minimum atomic E-state index is 1.18. The highest BCUT2D eigenvalue weighted by Gasteiger charge is 2.06. The van der Waals surface area contributed by atoms with Gasteiger partial charge in [-0.15, -0.1) is 11.3 Å². The van der Waals surface area contributed by atoms with Crippen LogP contribution in [-0.2, 0) is 0 Å². The van der Waals surface area contributed by atoms with E-state index in [1.165, 1.54) is 36.5 Å². The van der Waals surface area contributed by atoms with Gasteiger partial charge in [0.25, 0.3) is 0 Å². The number of hydrogen-bond donors (Lipinski definition) is 0. The van der Waals surface area contributed by atoms with Crippen molar-refractivity contribution in [2.75, 3.05) is 0 Å². The molecule has 0 nitrogen and oxygen atoms in total. The van der Waals surface area contributed by atoms with Crippen molar-refractivity contribution in [3.05, 3.63) is 70.5 Å². The highest BCUT2D eigenvalue weighted by atomic mass is 79.9. The third kappa shape index (κ3) is 1.88. The molecule has 0 N–H and O–H groups in total. The van der Waals surface area contributed by atoms with Gasteiger partial charge < -0.3 is 0 Å². The Morgan fingerprint density at radius 3 is 2.60 bits per heavy atom. The van der Waals surface area contributed by atoms with E-state index >= 15 is 0 Å². The second-order valence-corrected chi connectivity index (χ2v) is 6.59. The number of hydrogen-bond acceptors (Lipinski definition) is 1. The van der Waals surface area contributed by atoms with Gasteiger partial charge in [0, 0.05) is 19.9 Å². The molecule has 20 heavy (non-hydrogen) atoms. The summed E-state index contributed by atoms with van der Waals surface area (Å²) in [6.07, 6.45) is 0. The topological polar surface area (TPSA) is 0 Å². The quantitative estimate of drug-likeness (QED) is 0.372. The molecule has 0 bridgehead atoms. The summed E-state index contributed by atoms with van der Waals surface area (Å²) in [7, 11) is 0. The fraction of sp³-hybridized carbons (Fsp3) is 0. The van der Waals surface area contributed by atoms with E-state index in [1.54, 1.807) is 11.3 Å². The van der Waals surface area contributed by atoms with Crippen molar-refractivity contribution in [1.82, 2.24) is 0 Å². The fourth-order valence-corrected chi connectivity index (χ4v) is 4.26. The Hall–Kier alpha value is -1.64. The molecule has 1 aromatic heterocycles. The normalized spacial score (nSPS) is 11.2. The van der Waals surface area contributed by atoms with Gasteiger partial charge in [-0.25, -0.2) is 0 Å². The average Bonchev–Trinajstić information content (AvgIpc) is 2.87. The zero-order valence-corrected chi connectivity index (χ0v) is 13.0. The second kappa shape index (κ2) is 4.72. The van der Waals surface area contributed by atoms with Crippen molar-refractivity contribution >= 4 is 48.1 Å². The first-order valence-corrected chi connectivity index (χ1v) is 8.15. The van der Waals surface area contributed by atoms with Crippen molar-refractivity contribution in [1.29, 1.82) is 0 Å². The summed E-state index contributed by atoms with van der Waals surface area (Å²) < 4.78 is 2.50. The first kappa shape index (κ1) is 12.1. The highest BCUT2D eigenvalue weighted by molar-refractivity contribution is 9.10. The summed E-state index contributed by atoms with van der Waals surface area (Å²) in [5.41, 5.74) is 2.58. The van der Waals surface area contributed by atoms with Crippen LogP contribution in [0.4, 0.5) is 0 Å². The predicted octanol–water partition coefficient (Wildman–Crippen LogP) is 6.48. The van der Waals surface area contributed by atoms with Crippen LogP contribution in [0.25, 0.3) is 32.0 Å². The highest BCUT2D eigenvalue weighted by Crippen LogP contribution is 2.35. The minimum Gasteiger partial charge on any atom is -0.143 e. The molecule has 1 heterocycles. The molecule has 2 heteroatoms. The molecule has 4 aromatic rings. The van der Waals surface area contributed by atoms with Gasteiger partial charge in [0.15, 0.2) is 0 Å². The molecule has 0 amide bonds. The summed E-state index contributed by atoms with van der Waals surface area (Å²) in [6, 6.07) is 21.7. The van der Waals surface area contributed by atoms with Crippen LogP contribution >= 0.6 is 27.3 Å². The summed E-state index contributed by atoms with van der Waals surface area (Å²) in [5, 5.41) is 6.04. The Morgan fingerprint density at radius 1 is 0.800 bits per heavy atom. The molecule has 0 spiro atoms. The number of rotatable bonds is 1. The number of thiophene rings is 1. The summed E-state index contributed by atoms with van der Waals surface area (Å²) in [6.45, 7) is 0. The van der Waals surface area contributed by atoms with Crippen molar-refractivity contribution in [2.45, 2.75) is 0 Å². The first-order chi connectivity index (χ1) is 9.83. The van der Waals surface area contributed by atoms with Crippen molar-refractivity contribution in [3.63, 3.8) is 0 Å². The van der Waals surface area contributed by atoms with Crippen LogP contribution in [-0.4, -0.2) is 0 Å². The lowest BCUT2D eigenvalue weighted by atomic mass is 9.98.